The molecular weight excluding hydrogens is 406 g/mol. The molecule has 0 spiro atoms. The Morgan fingerprint density at radius 2 is 1.16 bits per heavy atom. The zero-order valence-corrected chi connectivity index (χ0v) is 18.1. The highest BCUT2D eigenvalue weighted by molar-refractivity contribution is 7.26. The normalized spacial score (nSPS) is 11.8. The number of nitrogens with zero attached hydrogens (tertiary/aromatic N) is 1. The Balaban J connectivity index is 1.53. The van der Waals surface area contributed by atoms with Gasteiger partial charge in [-0.05, 0) is 41.5 Å². The summed E-state index contributed by atoms with van der Waals surface area (Å²) in [6, 6.07) is 41.7. The number of aromatic nitrogens is 1. The molecule has 0 fully saturated rings. The highest BCUT2D eigenvalue weighted by Gasteiger charge is 2.14. The van der Waals surface area contributed by atoms with Crippen molar-refractivity contribution in [2.45, 2.75) is 0 Å². The lowest BCUT2D eigenvalue weighted by Crippen LogP contribution is -1.93. The van der Waals surface area contributed by atoms with Crippen molar-refractivity contribution >= 4 is 53.3 Å². The molecule has 0 atom stereocenters. The van der Waals surface area contributed by atoms with E-state index in [0.29, 0.717) is 0 Å². The SMILES string of the molecule is c1ccc(-c2cccc3c2sc2ccc(-n4c5ccccc5c5ccccc54)cc23)cc1. The van der Waals surface area contributed by atoms with Gasteiger partial charge in [0.1, 0.15) is 0 Å². The standard InChI is InChI=1S/C30H19NS/c1-2-9-20(10-3-1)22-13-8-14-25-26-19-21(17-18-29(26)32-30(22)25)31-27-15-6-4-11-23(27)24-12-5-7-16-28(24)31/h1-19H. The summed E-state index contributed by atoms with van der Waals surface area (Å²) in [5, 5.41) is 5.24. The lowest BCUT2D eigenvalue weighted by molar-refractivity contribution is 1.19. The molecule has 2 heteroatoms. The van der Waals surface area contributed by atoms with Gasteiger partial charge >= 0.3 is 0 Å². The van der Waals surface area contributed by atoms with Crippen LogP contribution < -0.4 is 0 Å². The van der Waals surface area contributed by atoms with Gasteiger partial charge in [-0.15, -0.1) is 11.3 Å². The van der Waals surface area contributed by atoms with Crippen LogP contribution in [-0.2, 0) is 0 Å². The van der Waals surface area contributed by atoms with E-state index in [1.807, 2.05) is 11.3 Å². The van der Waals surface area contributed by atoms with Crippen LogP contribution in [0.5, 0.6) is 0 Å². The Labute approximate surface area is 189 Å². The van der Waals surface area contributed by atoms with Crippen molar-refractivity contribution in [3.63, 3.8) is 0 Å². The molecule has 0 N–H and O–H groups in total. The average molecular weight is 426 g/mol. The van der Waals surface area contributed by atoms with Gasteiger partial charge < -0.3 is 4.57 Å². The van der Waals surface area contributed by atoms with Gasteiger partial charge in [0.15, 0.2) is 0 Å². The maximum Gasteiger partial charge on any atom is 0.0541 e. The molecule has 0 radical (unpaired) electrons. The minimum atomic E-state index is 1.21. The number of benzene rings is 5. The summed E-state index contributed by atoms with van der Waals surface area (Å²) in [6.45, 7) is 0. The van der Waals surface area contributed by atoms with Crippen molar-refractivity contribution in [3.05, 3.63) is 115 Å². The average Bonchev–Trinajstić information content (AvgIpc) is 3.40. The molecule has 5 aromatic carbocycles. The van der Waals surface area contributed by atoms with E-state index in [-0.39, 0.29) is 0 Å². The van der Waals surface area contributed by atoms with E-state index in [0.717, 1.165) is 0 Å². The quantitative estimate of drug-likeness (QED) is 0.261. The molecule has 32 heavy (non-hydrogen) atoms. The molecular formula is C30H19NS. The van der Waals surface area contributed by atoms with E-state index >= 15 is 0 Å². The van der Waals surface area contributed by atoms with Crippen molar-refractivity contribution < 1.29 is 0 Å². The van der Waals surface area contributed by atoms with Gasteiger partial charge in [0, 0.05) is 36.6 Å². The molecule has 0 saturated heterocycles. The number of para-hydroxylation sites is 2. The highest BCUT2D eigenvalue weighted by atomic mass is 32.1. The second-order valence-electron chi connectivity index (χ2n) is 8.20. The van der Waals surface area contributed by atoms with Crippen molar-refractivity contribution in [2.24, 2.45) is 0 Å². The second-order valence-corrected chi connectivity index (χ2v) is 9.25. The molecule has 0 unspecified atom stereocenters. The summed E-state index contributed by atoms with van der Waals surface area (Å²) >= 11 is 1.89. The van der Waals surface area contributed by atoms with Gasteiger partial charge in [-0.1, -0.05) is 84.9 Å². The Bertz CT molecular complexity index is 1720. The first-order valence-electron chi connectivity index (χ1n) is 10.9. The first kappa shape index (κ1) is 17.8. The predicted molar refractivity (Wildman–Crippen MR) is 139 cm³/mol. The van der Waals surface area contributed by atoms with Gasteiger partial charge in [-0.25, -0.2) is 0 Å². The fourth-order valence-corrected chi connectivity index (χ4v) is 6.19. The molecule has 2 heterocycles. The summed E-state index contributed by atoms with van der Waals surface area (Å²) in [5.41, 5.74) is 6.28. The molecule has 0 saturated carbocycles. The molecule has 1 nitrogen and oxygen atoms in total. The Morgan fingerprint density at radius 1 is 0.500 bits per heavy atom. The van der Waals surface area contributed by atoms with Crippen LogP contribution in [0.15, 0.2) is 115 Å². The van der Waals surface area contributed by atoms with Crippen LogP contribution in [0.3, 0.4) is 0 Å². The van der Waals surface area contributed by atoms with Gasteiger partial charge in [0.05, 0.1) is 11.0 Å². The molecule has 7 rings (SSSR count). The third-order valence-corrected chi connectivity index (χ3v) is 7.62. The summed E-state index contributed by atoms with van der Waals surface area (Å²) < 4.78 is 5.08. The lowest BCUT2D eigenvalue weighted by atomic mass is 10.0. The van der Waals surface area contributed by atoms with E-state index in [1.165, 1.54) is 58.8 Å². The topological polar surface area (TPSA) is 4.93 Å². The molecule has 0 aliphatic carbocycles. The van der Waals surface area contributed by atoms with E-state index in [9.17, 15) is 0 Å². The largest absolute Gasteiger partial charge is 0.309 e. The summed E-state index contributed by atoms with van der Waals surface area (Å²) in [4.78, 5) is 0. The zero-order valence-electron chi connectivity index (χ0n) is 17.3. The van der Waals surface area contributed by atoms with Crippen molar-refractivity contribution in [1.29, 1.82) is 0 Å². The third kappa shape index (κ3) is 2.50. The summed E-state index contributed by atoms with van der Waals surface area (Å²) in [6.07, 6.45) is 0. The zero-order chi connectivity index (χ0) is 21.1. The number of thiophene rings is 1. The van der Waals surface area contributed by atoms with Crippen molar-refractivity contribution in [3.8, 4) is 16.8 Å². The van der Waals surface area contributed by atoms with Crippen LogP contribution in [0.2, 0.25) is 0 Å². The maximum atomic E-state index is 2.40. The van der Waals surface area contributed by atoms with Crippen LogP contribution in [0.25, 0.3) is 58.8 Å². The third-order valence-electron chi connectivity index (χ3n) is 6.40. The van der Waals surface area contributed by atoms with Crippen LogP contribution >= 0.6 is 11.3 Å². The van der Waals surface area contributed by atoms with E-state index in [2.05, 4.69) is 120 Å². The molecule has 150 valence electrons. The number of hydrogen-bond acceptors (Lipinski definition) is 1. The first-order valence-corrected chi connectivity index (χ1v) is 11.7. The van der Waals surface area contributed by atoms with Crippen LogP contribution in [-0.4, -0.2) is 4.57 Å². The highest BCUT2D eigenvalue weighted by Crippen LogP contribution is 2.41. The van der Waals surface area contributed by atoms with Gasteiger partial charge in [0.2, 0.25) is 0 Å². The monoisotopic (exact) mass is 425 g/mol. The minimum absolute atomic E-state index is 1.21. The second kappa shape index (κ2) is 6.81. The minimum Gasteiger partial charge on any atom is -0.309 e. The molecule has 0 aliphatic rings. The molecule has 0 aliphatic heterocycles. The van der Waals surface area contributed by atoms with Crippen LogP contribution in [0.1, 0.15) is 0 Å². The van der Waals surface area contributed by atoms with Crippen LogP contribution in [0.4, 0.5) is 0 Å². The predicted octanol–water partition coefficient (Wildman–Crippen LogP) is 8.82. The van der Waals surface area contributed by atoms with Gasteiger partial charge in [-0.3, -0.25) is 0 Å². The van der Waals surface area contributed by atoms with Crippen LogP contribution in [0, 0.1) is 0 Å². The van der Waals surface area contributed by atoms with Gasteiger partial charge in [-0.2, -0.15) is 0 Å². The first-order chi connectivity index (χ1) is 15.9. The molecule has 0 bridgehead atoms. The Kier molecular flexibility index (Phi) is 3.78. The number of rotatable bonds is 2. The fourth-order valence-electron chi connectivity index (χ4n) is 4.97. The van der Waals surface area contributed by atoms with Gasteiger partial charge in [0.25, 0.3) is 0 Å². The van der Waals surface area contributed by atoms with E-state index in [4.69, 9.17) is 0 Å². The maximum absolute atomic E-state index is 2.40. The smallest absolute Gasteiger partial charge is 0.0541 e. The van der Waals surface area contributed by atoms with E-state index in [1.54, 1.807) is 0 Å². The lowest BCUT2D eigenvalue weighted by Gasteiger charge is -2.08. The molecule has 7 aromatic rings. The summed E-state index contributed by atoms with van der Waals surface area (Å²) in [5.74, 6) is 0. The van der Waals surface area contributed by atoms with Crippen molar-refractivity contribution in [2.75, 3.05) is 0 Å². The Morgan fingerprint density at radius 3 is 1.91 bits per heavy atom. The number of hydrogen-bond donors (Lipinski definition) is 0. The Hall–Kier alpha value is -3.88. The van der Waals surface area contributed by atoms with E-state index < -0.39 is 0 Å². The fraction of sp³-hybridized carbons (Fsp3) is 0. The van der Waals surface area contributed by atoms with Crippen molar-refractivity contribution in [1.82, 2.24) is 4.57 Å². The molecule has 2 aromatic heterocycles. The number of fused-ring (bicyclic) bond motifs is 6. The molecule has 0 amide bonds. The summed E-state index contributed by atoms with van der Waals surface area (Å²) in [7, 11) is 0.